The molecule has 6 heteroatoms. The van der Waals surface area contributed by atoms with Gasteiger partial charge >= 0.3 is 5.97 Å². The van der Waals surface area contributed by atoms with Gasteiger partial charge in [0.1, 0.15) is 13.2 Å². The van der Waals surface area contributed by atoms with Gasteiger partial charge in [-0.25, -0.2) is 0 Å². The predicted octanol–water partition coefficient (Wildman–Crippen LogP) is 2.08. The monoisotopic (exact) mass is 315 g/mol. The van der Waals surface area contributed by atoms with Crippen LogP contribution in [0.3, 0.4) is 0 Å². The SMILES string of the molecule is NC(CCC(=O)O)c1ccc(Br)c2c1OCCO2. The molecule has 1 aliphatic rings. The Bertz CT molecular complexity index is 464. The average Bonchev–Trinajstić information content (AvgIpc) is 2.37. The number of ether oxygens (including phenoxy) is 2. The summed E-state index contributed by atoms with van der Waals surface area (Å²) in [7, 11) is 0. The first-order valence-corrected chi connectivity index (χ1v) is 6.44. The molecule has 5 nitrogen and oxygen atoms in total. The van der Waals surface area contributed by atoms with Gasteiger partial charge in [0, 0.05) is 18.0 Å². The lowest BCUT2D eigenvalue weighted by molar-refractivity contribution is -0.137. The van der Waals surface area contributed by atoms with Crippen LogP contribution in [0.1, 0.15) is 24.4 Å². The highest BCUT2D eigenvalue weighted by molar-refractivity contribution is 9.10. The molecular formula is C12H14BrNO4. The Labute approximate surface area is 113 Å². The fraction of sp³-hybridized carbons (Fsp3) is 0.417. The van der Waals surface area contributed by atoms with Gasteiger partial charge in [0.2, 0.25) is 0 Å². The Morgan fingerprint density at radius 3 is 2.72 bits per heavy atom. The first kappa shape index (κ1) is 13.2. The van der Waals surface area contributed by atoms with Crippen LogP contribution in [0.4, 0.5) is 0 Å². The zero-order chi connectivity index (χ0) is 13.1. The van der Waals surface area contributed by atoms with Crippen molar-refractivity contribution in [3.05, 3.63) is 22.2 Å². The van der Waals surface area contributed by atoms with E-state index in [2.05, 4.69) is 15.9 Å². The second kappa shape index (κ2) is 5.58. The lowest BCUT2D eigenvalue weighted by atomic mass is 10.0. The molecule has 1 aromatic rings. The van der Waals surface area contributed by atoms with E-state index >= 15 is 0 Å². The quantitative estimate of drug-likeness (QED) is 0.889. The topological polar surface area (TPSA) is 81.8 Å². The molecular weight excluding hydrogens is 302 g/mol. The second-order valence-corrected chi connectivity index (χ2v) is 4.89. The molecule has 0 saturated carbocycles. The molecule has 0 fully saturated rings. The highest BCUT2D eigenvalue weighted by Gasteiger charge is 2.22. The second-order valence-electron chi connectivity index (χ2n) is 4.03. The number of carboxylic acid groups (broad SMARTS) is 1. The summed E-state index contributed by atoms with van der Waals surface area (Å²) in [6, 6.07) is 3.30. The molecule has 0 bridgehead atoms. The van der Waals surface area contributed by atoms with Crippen LogP contribution in [0.15, 0.2) is 16.6 Å². The standard InChI is InChI=1S/C12H14BrNO4/c13-8-2-1-7(9(14)3-4-10(15)16)11-12(8)18-6-5-17-11/h1-2,9H,3-6,14H2,(H,15,16). The third-order valence-corrected chi connectivity index (χ3v) is 3.36. The normalized spacial score (nSPS) is 15.2. The summed E-state index contributed by atoms with van der Waals surface area (Å²) in [6.45, 7) is 0.974. The lowest BCUT2D eigenvalue weighted by Gasteiger charge is -2.24. The molecule has 98 valence electrons. The molecule has 18 heavy (non-hydrogen) atoms. The van der Waals surface area contributed by atoms with Gasteiger partial charge in [-0.3, -0.25) is 4.79 Å². The fourth-order valence-electron chi connectivity index (χ4n) is 1.85. The number of carbonyl (C=O) groups is 1. The van der Waals surface area contributed by atoms with E-state index in [0.717, 1.165) is 10.0 Å². The molecule has 1 aliphatic heterocycles. The van der Waals surface area contributed by atoms with Crippen molar-refractivity contribution < 1.29 is 19.4 Å². The maximum atomic E-state index is 10.6. The molecule has 1 atom stereocenters. The van der Waals surface area contributed by atoms with Gasteiger partial charge < -0.3 is 20.3 Å². The molecule has 0 radical (unpaired) electrons. The van der Waals surface area contributed by atoms with Gasteiger partial charge in [-0.15, -0.1) is 0 Å². The molecule has 1 aromatic carbocycles. The molecule has 1 heterocycles. The average molecular weight is 316 g/mol. The number of benzene rings is 1. The fourth-order valence-corrected chi connectivity index (χ4v) is 2.28. The zero-order valence-corrected chi connectivity index (χ0v) is 11.3. The van der Waals surface area contributed by atoms with Crippen LogP contribution in [-0.2, 0) is 4.79 Å². The van der Waals surface area contributed by atoms with Gasteiger partial charge in [-0.2, -0.15) is 0 Å². The van der Waals surface area contributed by atoms with Crippen LogP contribution in [0.5, 0.6) is 11.5 Å². The Morgan fingerprint density at radius 2 is 2.06 bits per heavy atom. The first-order chi connectivity index (χ1) is 8.59. The smallest absolute Gasteiger partial charge is 0.303 e. The Balaban J connectivity index is 2.25. The van der Waals surface area contributed by atoms with E-state index in [1.165, 1.54) is 0 Å². The number of fused-ring (bicyclic) bond motifs is 1. The van der Waals surface area contributed by atoms with Crippen molar-refractivity contribution in [2.24, 2.45) is 5.73 Å². The molecule has 2 rings (SSSR count). The van der Waals surface area contributed by atoms with Crippen LogP contribution in [-0.4, -0.2) is 24.3 Å². The van der Waals surface area contributed by atoms with Crippen LogP contribution in [0.25, 0.3) is 0 Å². The van der Waals surface area contributed by atoms with Crippen LogP contribution in [0.2, 0.25) is 0 Å². The van der Waals surface area contributed by atoms with E-state index in [1.54, 1.807) is 0 Å². The number of carboxylic acids is 1. The van der Waals surface area contributed by atoms with Crippen molar-refractivity contribution in [2.75, 3.05) is 13.2 Å². The van der Waals surface area contributed by atoms with E-state index in [-0.39, 0.29) is 12.5 Å². The molecule has 0 aromatic heterocycles. The van der Waals surface area contributed by atoms with Crippen molar-refractivity contribution >= 4 is 21.9 Å². The number of nitrogens with two attached hydrogens (primary N) is 1. The van der Waals surface area contributed by atoms with Gasteiger partial charge in [-0.05, 0) is 28.4 Å². The Hall–Kier alpha value is -1.27. The van der Waals surface area contributed by atoms with Crippen molar-refractivity contribution in [2.45, 2.75) is 18.9 Å². The largest absolute Gasteiger partial charge is 0.486 e. The van der Waals surface area contributed by atoms with E-state index in [0.29, 0.717) is 31.1 Å². The number of rotatable bonds is 4. The summed E-state index contributed by atoms with van der Waals surface area (Å²) in [5, 5.41) is 8.67. The maximum Gasteiger partial charge on any atom is 0.303 e. The first-order valence-electron chi connectivity index (χ1n) is 5.65. The summed E-state index contributed by atoms with van der Waals surface area (Å²) in [4.78, 5) is 10.6. The Kier molecular flexibility index (Phi) is 4.08. The van der Waals surface area contributed by atoms with Gasteiger partial charge in [-0.1, -0.05) is 6.07 Å². The number of hydrogen-bond acceptors (Lipinski definition) is 4. The molecule has 0 spiro atoms. The highest BCUT2D eigenvalue weighted by atomic mass is 79.9. The third-order valence-electron chi connectivity index (χ3n) is 2.74. The van der Waals surface area contributed by atoms with Gasteiger partial charge in [0.15, 0.2) is 11.5 Å². The van der Waals surface area contributed by atoms with Crippen LogP contribution < -0.4 is 15.2 Å². The highest BCUT2D eigenvalue weighted by Crippen LogP contribution is 2.42. The van der Waals surface area contributed by atoms with Crippen LogP contribution in [0, 0.1) is 0 Å². The predicted molar refractivity (Wildman–Crippen MR) is 68.9 cm³/mol. The summed E-state index contributed by atoms with van der Waals surface area (Å²) < 4.78 is 11.9. The van der Waals surface area contributed by atoms with Gasteiger partial charge in [0.05, 0.1) is 4.47 Å². The summed E-state index contributed by atoms with van der Waals surface area (Å²) in [6.07, 6.45) is 0.402. The molecule has 0 aliphatic carbocycles. The molecule has 0 amide bonds. The Morgan fingerprint density at radius 1 is 1.39 bits per heavy atom. The molecule has 1 unspecified atom stereocenters. The minimum absolute atomic E-state index is 0.0346. The third kappa shape index (κ3) is 2.76. The van der Waals surface area contributed by atoms with Gasteiger partial charge in [0.25, 0.3) is 0 Å². The summed E-state index contributed by atoms with van der Waals surface area (Å²) in [5.41, 5.74) is 6.79. The lowest BCUT2D eigenvalue weighted by Crippen LogP contribution is -2.20. The van der Waals surface area contributed by atoms with Crippen LogP contribution >= 0.6 is 15.9 Å². The number of hydrogen-bond donors (Lipinski definition) is 2. The van der Waals surface area contributed by atoms with E-state index in [1.807, 2.05) is 12.1 Å². The van der Waals surface area contributed by atoms with Crippen molar-refractivity contribution in [1.29, 1.82) is 0 Å². The summed E-state index contributed by atoms with van der Waals surface area (Å²) in [5.74, 6) is 0.409. The molecule has 3 N–H and O–H groups in total. The van der Waals surface area contributed by atoms with Crippen molar-refractivity contribution in [3.63, 3.8) is 0 Å². The molecule has 0 saturated heterocycles. The van der Waals surface area contributed by atoms with Crippen molar-refractivity contribution in [3.8, 4) is 11.5 Å². The zero-order valence-electron chi connectivity index (χ0n) is 9.69. The minimum atomic E-state index is -0.853. The summed E-state index contributed by atoms with van der Waals surface area (Å²) >= 11 is 3.39. The maximum absolute atomic E-state index is 10.6. The van der Waals surface area contributed by atoms with E-state index in [4.69, 9.17) is 20.3 Å². The number of halogens is 1. The van der Waals surface area contributed by atoms with E-state index < -0.39 is 5.97 Å². The minimum Gasteiger partial charge on any atom is -0.486 e. The van der Waals surface area contributed by atoms with Crippen molar-refractivity contribution in [1.82, 2.24) is 0 Å². The number of aliphatic carboxylic acids is 1. The van der Waals surface area contributed by atoms with E-state index in [9.17, 15) is 4.79 Å².